The van der Waals surface area contributed by atoms with Gasteiger partial charge in [0.05, 0.1) is 6.10 Å². The van der Waals surface area contributed by atoms with Crippen molar-refractivity contribution in [2.24, 2.45) is 0 Å². The van der Waals surface area contributed by atoms with E-state index in [0.717, 1.165) is 23.9 Å². The first-order valence-corrected chi connectivity index (χ1v) is 6.69. The molecule has 1 N–H and O–H groups in total. The van der Waals surface area contributed by atoms with E-state index in [9.17, 15) is 9.59 Å². The number of nitrogens with zero attached hydrogens (tertiary/aromatic N) is 1. The maximum absolute atomic E-state index is 11.7. The maximum Gasteiger partial charge on any atom is 0.251 e. The lowest BCUT2D eigenvalue weighted by molar-refractivity contribution is -0.122. The summed E-state index contributed by atoms with van der Waals surface area (Å²) in [4.78, 5) is 23.2. The quantitative estimate of drug-likeness (QED) is 0.898. The molecular formula is C12H15BrN2O3. The Labute approximate surface area is 113 Å². The number of halogens is 1. The van der Waals surface area contributed by atoms with Crippen LogP contribution >= 0.6 is 15.9 Å². The summed E-state index contributed by atoms with van der Waals surface area (Å²) in [6.45, 7) is 1.32. The molecule has 5 nitrogen and oxygen atoms in total. The van der Waals surface area contributed by atoms with Crippen LogP contribution in [0.25, 0.3) is 0 Å². The monoisotopic (exact) mass is 314 g/mol. The Balaban J connectivity index is 1.86. The molecule has 1 amide bonds. The Hall–Kier alpha value is -1.14. The molecule has 0 aliphatic carbocycles. The predicted octanol–water partition coefficient (Wildman–Crippen LogP) is 0.906. The molecule has 6 heteroatoms. The van der Waals surface area contributed by atoms with Gasteiger partial charge < -0.3 is 14.6 Å². The zero-order valence-corrected chi connectivity index (χ0v) is 11.5. The average Bonchev–Trinajstić information content (AvgIpc) is 2.84. The zero-order chi connectivity index (χ0) is 13.0. The molecule has 2 rings (SSSR count). The molecule has 1 aromatic rings. The zero-order valence-electron chi connectivity index (χ0n) is 9.89. The number of nitrogens with one attached hydrogen (secondary N) is 1. The van der Waals surface area contributed by atoms with E-state index in [1.54, 1.807) is 12.3 Å². The van der Waals surface area contributed by atoms with Gasteiger partial charge in [-0.05, 0) is 34.8 Å². The first-order valence-electron chi connectivity index (χ1n) is 5.89. The van der Waals surface area contributed by atoms with E-state index in [-0.39, 0.29) is 24.1 Å². The summed E-state index contributed by atoms with van der Waals surface area (Å²) in [5.41, 5.74) is -0.189. The minimum absolute atomic E-state index is 0.0327. The van der Waals surface area contributed by atoms with Crippen LogP contribution in [-0.4, -0.2) is 29.7 Å². The molecule has 0 saturated carbocycles. The molecule has 0 aromatic carbocycles. The molecule has 0 bridgehead atoms. The Morgan fingerprint density at radius 3 is 3.11 bits per heavy atom. The van der Waals surface area contributed by atoms with Gasteiger partial charge in [-0.1, -0.05) is 0 Å². The summed E-state index contributed by atoms with van der Waals surface area (Å²) in [5, 5.41) is 2.78. The summed E-state index contributed by atoms with van der Waals surface area (Å²) < 4.78 is 7.55. The van der Waals surface area contributed by atoms with Crippen molar-refractivity contribution in [2.45, 2.75) is 25.5 Å². The van der Waals surface area contributed by atoms with Crippen molar-refractivity contribution in [1.82, 2.24) is 9.88 Å². The Kier molecular flexibility index (Phi) is 4.54. The topological polar surface area (TPSA) is 60.3 Å². The fourth-order valence-corrected chi connectivity index (χ4v) is 2.25. The van der Waals surface area contributed by atoms with E-state index >= 15 is 0 Å². The summed E-state index contributed by atoms with van der Waals surface area (Å²) >= 11 is 3.27. The van der Waals surface area contributed by atoms with Gasteiger partial charge in [0.2, 0.25) is 5.91 Å². The maximum atomic E-state index is 11.7. The summed E-state index contributed by atoms with van der Waals surface area (Å²) in [5.74, 6) is -0.175. The summed E-state index contributed by atoms with van der Waals surface area (Å²) in [7, 11) is 0. The molecule has 18 heavy (non-hydrogen) atoms. The van der Waals surface area contributed by atoms with Crippen LogP contribution in [0.1, 0.15) is 12.8 Å². The van der Waals surface area contributed by atoms with Crippen molar-refractivity contribution >= 4 is 21.8 Å². The molecule has 98 valence electrons. The van der Waals surface area contributed by atoms with Crippen LogP contribution < -0.4 is 10.9 Å². The number of carbonyl (C=O) groups is 1. The highest BCUT2D eigenvalue weighted by Gasteiger charge is 2.16. The molecule has 1 fully saturated rings. The van der Waals surface area contributed by atoms with Crippen LogP contribution in [-0.2, 0) is 16.1 Å². The third kappa shape index (κ3) is 3.68. The molecular weight excluding hydrogens is 300 g/mol. The van der Waals surface area contributed by atoms with Crippen molar-refractivity contribution in [3.05, 3.63) is 33.2 Å². The molecule has 1 saturated heterocycles. The standard InChI is InChI=1S/C12H15BrN2O3/c13-9-3-4-12(17)15(7-9)8-11(16)14-6-10-2-1-5-18-10/h3-4,7,10H,1-2,5-6,8H2,(H,14,16)/t10-/m1/s1. The van der Waals surface area contributed by atoms with Crippen LogP contribution in [0, 0.1) is 0 Å². The minimum Gasteiger partial charge on any atom is -0.376 e. The minimum atomic E-state index is -0.189. The predicted molar refractivity (Wildman–Crippen MR) is 70.4 cm³/mol. The molecule has 0 radical (unpaired) electrons. The van der Waals surface area contributed by atoms with Gasteiger partial charge in [0, 0.05) is 29.9 Å². The lowest BCUT2D eigenvalue weighted by Gasteiger charge is -2.11. The highest BCUT2D eigenvalue weighted by Crippen LogP contribution is 2.10. The van der Waals surface area contributed by atoms with Gasteiger partial charge in [0.15, 0.2) is 0 Å². The van der Waals surface area contributed by atoms with Gasteiger partial charge in [0.1, 0.15) is 6.54 Å². The smallest absolute Gasteiger partial charge is 0.251 e. The normalized spacial score (nSPS) is 18.8. The van der Waals surface area contributed by atoms with Crippen molar-refractivity contribution < 1.29 is 9.53 Å². The lowest BCUT2D eigenvalue weighted by atomic mass is 10.2. The third-order valence-electron chi connectivity index (χ3n) is 2.81. The number of hydrogen-bond donors (Lipinski definition) is 1. The van der Waals surface area contributed by atoms with Gasteiger partial charge in [-0.2, -0.15) is 0 Å². The number of hydrogen-bond acceptors (Lipinski definition) is 3. The second-order valence-corrected chi connectivity index (χ2v) is 5.17. The van der Waals surface area contributed by atoms with Crippen LogP contribution in [0.15, 0.2) is 27.6 Å². The van der Waals surface area contributed by atoms with Crippen molar-refractivity contribution in [3.63, 3.8) is 0 Å². The molecule has 1 atom stereocenters. The first kappa shape index (κ1) is 13.3. The molecule has 1 aromatic heterocycles. The van der Waals surface area contributed by atoms with E-state index in [1.807, 2.05) is 0 Å². The number of pyridine rings is 1. The lowest BCUT2D eigenvalue weighted by Crippen LogP contribution is -2.36. The molecule has 1 aliphatic heterocycles. The Morgan fingerprint density at radius 2 is 2.39 bits per heavy atom. The van der Waals surface area contributed by atoms with E-state index < -0.39 is 0 Å². The molecule has 0 spiro atoms. The SMILES string of the molecule is O=C(Cn1cc(Br)ccc1=O)NC[C@H]1CCCO1. The summed E-state index contributed by atoms with van der Waals surface area (Å²) in [6.07, 6.45) is 3.75. The fraction of sp³-hybridized carbons (Fsp3) is 0.500. The number of carbonyl (C=O) groups excluding carboxylic acids is 1. The van der Waals surface area contributed by atoms with Gasteiger partial charge in [-0.15, -0.1) is 0 Å². The van der Waals surface area contributed by atoms with Gasteiger partial charge in [-0.3, -0.25) is 9.59 Å². The second kappa shape index (κ2) is 6.15. The molecule has 2 heterocycles. The number of rotatable bonds is 4. The number of aromatic nitrogens is 1. The Morgan fingerprint density at radius 1 is 1.56 bits per heavy atom. The molecule has 0 unspecified atom stereocenters. The van der Waals surface area contributed by atoms with Gasteiger partial charge in [0.25, 0.3) is 5.56 Å². The highest BCUT2D eigenvalue weighted by atomic mass is 79.9. The van der Waals surface area contributed by atoms with E-state index in [2.05, 4.69) is 21.2 Å². The van der Waals surface area contributed by atoms with Crippen molar-refractivity contribution in [1.29, 1.82) is 0 Å². The van der Waals surface area contributed by atoms with Gasteiger partial charge >= 0.3 is 0 Å². The fourth-order valence-electron chi connectivity index (χ4n) is 1.87. The van der Waals surface area contributed by atoms with Gasteiger partial charge in [-0.25, -0.2) is 0 Å². The largest absolute Gasteiger partial charge is 0.376 e. The Bertz CT molecular complexity index is 480. The van der Waals surface area contributed by atoms with E-state index in [1.165, 1.54) is 10.6 Å². The van der Waals surface area contributed by atoms with E-state index in [4.69, 9.17) is 4.74 Å². The highest BCUT2D eigenvalue weighted by molar-refractivity contribution is 9.10. The average molecular weight is 315 g/mol. The van der Waals surface area contributed by atoms with E-state index in [0.29, 0.717) is 6.54 Å². The summed E-state index contributed by atoms with van der Waals surface area (Å²) in [6, 6.07) is 3.08. The van der Waals surface area contributed by atoms with Crippen LogP contribution in [0.5, 0.6) is 0 Å². The first-order chi connectivity index (χ1) is 8.65. The van der Waals surface area contributed by atoms with Crippen molar-refractivity contribution in [3.8, 4) is 0 Å². The number of amides is 1. The van der Waals surface area contributed by atoms with Crippen LogP contribution in [0.2, 0.25) is 0 Å². The molecule has 1 aliphatic rings. The van der Waals surface area contributed by atoms with Crippen LogP contribution in [0.4, 0.5) is 0 Å². The van der Waals surface area contributed by atoms with Crippen molar-refractivity contribution in [2.75, 3.05) is 13.2 Å². The number of ether oxygens (including phenoxy) is 1. The van der Waals surface area contributed by atoms with Crippen LogP contribution in [0.3, 0.4) is 0 Å². The second-order valence-electron chi connectivity index (χ2n) is 4.25. The third-order valence-corrected chi connectivity index (χ3v) is 3.28.